The first-order chi connectivity index (χ1) is 14.4. The fraction of sp³-hybridized carbons (Fsp3) is 0.591. The maximum Gasteiger partial charge on any atom is 0.309 e. The maximum absolute atomic E-state index is 12.3. The van der Waals surface area contributed by atoms with Gasteiger partial charge in [0.1, 0.15) is 0 Å². The first-order valence-corrected chi connectivity index (χ1v) is 10.6. The molecule has 1 aromatic carbocycles. The molecule has 1 amide bonds. The van der Waals surface area contributed by atoms with Crippen LogP contribution in [0.5, 0.6) is 0 Å². The second-order valence-electron chi connectivity index (χ2n) is 7.67. The number of guanidine groups is 1. The zero-order valence-electron chi connectivity index (χ0n) is 19.0. The molecule has 174 valence electrons. The molecular weight excluding hydrogens is 509 g/mol. The molecule has 1 heterocycles. The highest BCUT2D eigenvalue weighted by Gasteiger charge is 2.27. The third-order valence-electron chi connectivity index (χ3n) is 5.11. The van der Waals surface area contributed by atoms with Crippen molar-refractivity contribution < 1.29 is 14.3 Å². The summed E-state index contributed by atoms with van der Waals surface area (Å²) in [6.45, 7) is 5.77. The monoisotopic (exact) mass is 545 g/mol. The first kappa shape index (κ1) is 27.2. The largest absolute Gasteiger partial charge is 0.466 e. The molecule has 0 aromatic heterocycles. The minimum atomic E-state index is -0.0965. The van der Waals surface area contributed by atoms with Crippen LogP contribution in [-0.2, 0) is 16.1 Å². The van der Waals surface area contributed by atoms with Gasteiger partial charge in [0.2, 0.25) is 0 Å². The molecule has 0 bridgehead atoms. The molecule has 0 radical (unpaired) electrons. The summed E-state index contributed by atoms with van der Waals surface area (Å²) in [6, 6.07) is 7.61. The predicted octanol–water partition coefficient (Wildman–Crippen LogP) is 1.95. The normalized spacial score (nSPS) is 14.7. The molecule has 9 heteroatoms. The number of halogens is 1. The van der Waals surface area contributed by atoms with E-state index in [0.717, 1.165) is 44.0 Å². The lowest BCUT2D eigenvalue weighted by Gasteiger charge is -2.33. The van der Waals surface area contributed by atoms with Gasteiger partial charge in [0.25, 0.3) is 5.91 Å². The number of likely N-dealkylation sites (N-methyl/N-ethyl adjacent to an activating group) is 1. The highest BCUT2D eigenvalue weighted by atomic mass is 127. The third kappa shape index (κ3) is 9.02. The maximum atomic E-state index is 12.3. The highest BCUT2D eigenvalue weighted by Crippen LogP contribution is 2.19. The second-order valence-corrected chi connectivity index (χ2v) is 7.67. The van der Waals surface area contributed by atoms with Crippen LogP contribution in [0.25, 0.3) is 0 Å². The van der Waals surface area contributed by atoms with E-state index in [0.29, 0.717) is 25.3 Å². The van der Waals surface area contributed by atoms with Crippen LogP contribution in [0.1, 0.15) is 35.7 Å². The van der Waals surface area contributed by atoms with E-state index in [9.17, 15) is 9.59 Å². The van der Waals surface area contributed by atoms with Crippen molar-refractivity contribution in [1.29, 1.82) is 0 Å². The summed E-state index contributed by atoms with van der Waals surface area (Å²) in [5.41, 5.74) is 1.66. The Bertz CT molecular complexity index is 734. The summed E-state index contributed by atoms with van der Waals surface area (Å²) in [5, 5.41) is 6.31. The first-order valence-electron chi connectivity index (χ1n) is 10.6. The van der Waals surface area contributed by atoms with Crippen LogP contribution in [-0.4, -0.2) is 81.6 Å². The lowest BCUT2D eigenvalue weighted by molar-refractivity contribution is -0.149. The number of nitrogens with zero attached hydrogens (tertiary/aromatic N) is 3. The van der Waals surface area contributed by atoms with Gasteiger partial charge in [-0.25, -0.2) is 0 Å². The van der Waals surface area contributed by atoms with Gasteiger partial charge in [-0.3, -0.25) is 14.6 Å². The molecule has 1 fully saturated rings. The van der Waals surface area contributed by atoms with Crippen molar-refractivity contribution in [3.05, 3.63) is 35.4 Å². The number of esters is 1. The number of amides is 1. The SMILES string of the molecule is CCOC(=O)C1CCN(C(=NC)NCc2cccc(C(=O)NCCN(C)C)c2)CC1.I. The van der Waals surface area contributed by atoms with E-state index in [4.69, 9.17) is 4.74 Å². The Morgan fingerprint density at radius 1 is 1.23 bits per heavy atom. The zero-order valence-corrected chi connectivity index (χ0v) is 21.3. The van der Waals surface area contributed by atoms with Gasteiger partial charge in [-0.2, -0.15) is 0 Å². The van der Waals surface area contributed by atoms with E-state index < -0.39 is 0 Å². The zero-order chi connectivity index (χ0) is 21.9. The van der Waals surface area contributed by atoms with Gasteiger partial charge in [-0.1, -0.05) is 12.1 Å². The molecule has 1 aromatic rings. The summed E-state index contributed by atoms with van der Waals surface area (Å²) >= 11 is 0. The lowest BCUT2D eigenvalue weighted by Crippen LogP contribution is -2.46. The Balaban J connectivity index is 0.00000480. The highest BCUT2D eigenvalue weighted by molar-refractivity contribution is 14.0. The molecule has 8 nitrogen and oxygen atoms in total. The predicted molar refractivity (Wildman–Crippen MR) is 134 cm³/mol. The van der Waals surface area contributed by atoms with Crippen LogP contribution in [0.15, 0.2) is 29.3 Å². The minimum Gasteiger partial charge on any atom is -0.466 e. The summed E-state index contributed by atoms with van der Waals surface area (Å²) in [5.74, 6) is 0.616. The van der Waals surface area contributed by atoms with Gasteiger partial charge < -0.3 is 25.2 Å². The Hall–Kier alpha value is -1.88. The van der Waals surface area contributed by atoms with Crippen LogP contribution in [0.2, 0.25) is 0 Å². The smallest absolute Gasteiger partial charge is 0.309 e. The van der Waals surface area contributed by atoms with Crippen molar-refractivity contribution in [2.45, 2.75) is 26.3 Å². The van der Waals surface area contributed by atoms with Gasteiger partial charge >= 0.3 is 5.97 Å². The summed E-state index contributed by atoms with van der Waals surface area (Å²) < 4.78 is 5.14. The number of hydrogen-bond acceptors (Lipinski definition) is 5. The number of rotatable bonds is 8. The van der Waals surface area contributed by atoms with E-state index >= 15 is 0 Å². The number of hydrogen-bond donors (Lipinski definition) is 2. The molecule has 1 aliphatic rings. The standard InChI is InChI=1S/C22H35N5O3.HI/c1-5-30-21(29)18-9-12-27(13-10-18)22(23-2)25-16-17-7-6-8-19(15-17)20(28)24-11-14-26(3)4;/h6-8,15,18H,5,9-14,16H2,1-4H3,(H,23,25)(H,24,28);1H. The number of nitrogens with one attached hydrogen (secondary N) is 2. The molecule has 2 rings (SSSR count). The fourth-order valence-corrected chi connectivity index (χ4v) is 3.42. The number of aliphatic imine (C=N–C) groups is 1. The number of likely N-dealkylation sites (tertiary alicyclic amines) is 1. The fourth-order valence-electron chi connectivity index (χ4n) is 3.42. The summed E-state index contributed by atoms with van der Waals surface area (Å²) in [6.07, 6.45) is 1.53. The number of piperidine rings is 1. The number of carbonyl (C=O) groups is 2. The van der Waals surface area contributed by atoms with Crippen molar-refractivity contribution in [2.24, 2.45) is 10.9 Å². The Labute approximate surface area is 202 Å². The molecule has 0 saturated carbocycles. The van der Waals surface area contributed by atoms with Gasteiger partial charge in [-0.15, -0.1) is 24.0 Å². The van der Waals surface area contributed by atoms with Crippen molar-refractivity contribution in [1.82, 2.24) is 20.4 Å². The summed E-state index contributed by atoms with van der Waals surface area (Å²) in [4.78, 5) is 32.8. The molecule has 1 aliphatic heterocycles. The average Bonchev–Trinajstić information content (AvgIpc) is 2.74. The molecule has 31 heavy (non-hydrogen) atoms. The Kier molecular flexibility index (Phi) is 12.5. The number of carbonyl (C=O) groups excluding carboxylic acids is 2. The van der Waals surface area contributed by atoms with Gasteiger partial charge in [-0.05, 0) is 51.6 Å². The van der Waals surface area contributed by atoms with Crippen molar-refractivity contribution >= 4 is 41.8 Å². The quantitative estimate of drug-likeness (QED) is 0.225. The molecule has 1 saturated heterocycles. The molecule has 0 spiro atoms. The second kappa shape index (κ2) is 14.2. The van der Waals surface area contributed by atoms with E-state index in [-0.39, 0.29) is 41.8 Å². The minimum absolute atomic E-state index is 0. The lowest BCUT2D eigenvalue weighted by atomic mass is 9.97. The van der Waals surface area contributed by atoms with Crippen molar-refractivity contribution in [3.63, 3.8) is 0 Å². The molecule has 0 atom stereocenters. The van der Waals surface area contributed by atoms with Crippen molar-refractivity contribution in [3.8, 4) is 0 Å². The van der Waals surface area contributed by atoms with Gasteiger partial charge in [0.05, 0.1) is 12.5 Å². The van der Waals surface area contributed by atoms with Gasteiger partial charge in [0, 0.05) is 45.3 Å². The van der Waals surface area contributed by atoms with E-state index in [1.165, 1.54) is 0 Å². The molecule has 0 aliphatic carbocycles. The molecule has 2 N–H and O–H groups in total. The third-order valence-corrected chi connectivity index (χ3v) is 5.11. The molecule has 0 unspecified atom stereocenters. The molecular formula is C22H36IN5O3. The van der Waals surface area contributed by atoms with Crippen LogP contribution in [0.4, 0.5) is 0 Å². The van der Waals surface area contributed by atoms with Gasteiger partial charge in [0.15, 0.2) is 5.96 Å². The van der Waals surface area contributed by atoms with E-state index in [2.05, 4.69) is 20.5 Å². The number of benzene rings is 1. The number of ether oxygens (including phenoxy) is 1. The summed E-state index contributed by atoms with van der Waals surface area (Å²) in [7, 11) is 5.71. The van der Waals surface area contributed by atoms with Crippen LogP contribution < -0.4 is 10.6 Å². The Morgan fingerprint density at radius 3 is 2.55 bits per heavy atom. The van der Waals surface area contributed by atoms with E-state index in [1.807, 2.05) is 50.2 Å². The van der Waals surface area contributed by atoms with Crippen LogP contribution >= 0.6 is 24.0 Å². The topological polar surface area (TPSA) is 86.3 Å². The average molecular weight is 545 g/mol. The van der Waals surface area contributed by atoms with E-state index in [1.54, 1.807) is 7.05 Å². The van der Waals surface area contributed by atoms with Crippen molar-refractivity contribution in [2.75, 3.05) is 53.9 Å². The Morgan fingerprint density at radius 2 is 1.94 bits per heavy atom. The van der Waals surface area contributed by atoms with Crippen LogP contribution in [0, 0.1) is 5.92 Å². The van der Waals surface area contributed by atoms with Crippen LogP contribution in [0.3, 0.4) is 0 Å².